The van der Waals surface area contributed by atoms with E-state index >= 15 is 0 Å². The van der Waals surface area contributed by atoms with E-state index < -0.39 is 6.10 Å². The van der Waals surface area contributed by atoms with E-state index in [4.69, 9.17) is 16.0 Å². The number of halogens is 1. The molecular weight excluding hydrogens is 246 g/mol. The van der Waals surface area contributed by atoms with Gasteiger partial charge in [0.2, 0.25) is 0 Å². The molecule has 0 radical (unpaired) electrons. The number of nitrogens with zero attached hydrogens (tertiary/aromatic N) is 1. The van der Waals surface area contributed by atoms with Crippen molar-refractivity contribution < 1.29 is 9.52 Å². The molecule has 2 aromatic rings. The molecule has 84 valence electrons. The van der Waals surface area contributed by atoms with Crippen molar-refractivity contribution in [1.29, 1.82) is 0 Å². The molecule has 0 saturated carbocycles. The van der Waals surface area contributed by atoms with Crippen LogP contribution in [0.25, 0.3) is 0 Å². The Labute approximate surface area is 102 Å². The van der Waals surface area contributed by atoms with Crippen LogP contribution in [0.1, 0.15) is 18.6 Å². The molecule has 1 aromatic carbocycles. The van der Waals surface area contributed by atoms with Gasteiger partial charge in [-0.2, -0.15) is 0 Å². The summed E-state index contributed by atoms with van der Waals surface area (Å²) in [4.78, 5) is 4.85. The number of rotatable bonds is 3. The molecule has 3 nitrogen and oxygen atoms in total. The molecule has 0 aliphatic rings. The Kier molecular flexibility index (Phi) is 3.53. The van der Waals surface area contributed by atoms with Gasteiger partial charge >= 0.3 is 0 Å². The fourth-order valence-corrected chi connectivity index (χ4v) is 2.22. The lowest BCUT2D eigenvalue weighted by Gasteiger charge is -2.07. The maximum Gasteiger partial charge on any atom is 0.260 e. The van der Waals surface area contributed by atoms with Crippen molar-refractivity contribution in [2.24, 2.45) is 0 Å². The zero-order valence-corrected chi connectivity index (χ0v) is 10.1. The zero-order chi connectivity index (χ0) is 11.5. The molecule has 1 atom stereocenters. The molecule has 0 bridgehead atoms. The number of oxazole rings is 1. The predicted molar refractivity (Wildman–Crippen MR) is 62.7 cm³/mol. The maximum atomic E-state index is 9.40. The molecule has 0 aliphatic carbocycles. The van der Waals surface area contributed by atoms with E-state index in [1.165, 1.54) is 18.0 Å². The summed E-state index contributed by atoms with van der Waals surface area (Å²) in [5.41, 5.74) is 0.793. The highest BCUT2D eigenvalue weighted by Gasteiger charge is 2.08. The van der Waals surface area contributed by atoms with Crippen molar-refractivity contribution in [2.75, 3.05) is 0 Å². The predicted octanol–water partition coefficient (Wildman–Crippen LogP) is 3.53. The van der Waals surface area contributed by atoms with Crippen molar-refractivity contribution in [2.45, 2.75) is 23.1 Å². The molecule has 1 heterocycles. The van der Waals surface area contributed by atoms with Gasteiger partial charge in [0.25, 0.3) is 5.22 Å². The summed E-state index contributed by atoms with van der Waals surface area (Å²) >= 11 is 7.44. The van der Waals surface area contributed by atoms with Crippen LogP contribution >= 0.6 is 23.4 Å². The van der Waals surface area contributed by atoms with Crippen LogP contribution in [0.5, 0.6) is 0 Å². The first kappa shape index (κ1) is 11.5. The van der Waals surface area contributed by atoms with Gasteiger partial charge in [-0.15, -0.1) is 0 Å². The Bertz CT molecular complexity index is 471. The molecule has 1 N–H and O–H groups in total. The largest absolute Gasteiger partial charge is 0.440 e. The summed E-state index contributed by atoms with van der Waals surface area (Å²) in [6.45, 7) is 1.70. The zero-order valence-electron chi connectivity index (χ0n) is 8.55. The monoisotopic (exact) mass is 255 g/mol. The van der Waals surface area contributed by atoms with Crippen LogP contribution in [0.4, 0.5) is 0 Å². The normalized spacial score (nSPS) is 12.7. The van der Waals surface area contributed by atoms with Gasteiger partial charge in [0.05, 0.1) is 17.3 Å². The van der Waals surface area contributed by atoms with Crippen LogP contribution in [0.15, 0.2) is 45.2 Å². The number of benzene rings is 1. The van der Waals surface area contributed by atoms with Crippen molar-refractivity contribution >= 4 is 23.4 Å². The quantitative estimate of drug-likeness (QED) is 0.911. The van der Waals surface area contributed by atoms with Crippen LogP contribution in [-0.4, -0.2) is 10.1 Å². The van der Waals surface area contributed by atoms with Gasteiger partial charge in [-0.1, -0.05) is 17.7 Å². The Balaban J connectivity index is 2.23. The third-order valence-electron chi connectivity index (χ3n) is 2.05. The minimum absolute atomic E-state index is 0.515. The van der Waals surface area contributed by atoms with Crippen molar-refractivity contribution in [3.05, 3.63) is 41.2 Å². The maximum absolute atomic E-state index is 9.40. The Morgan fingerprint density at radius 2 is 2.31 bits per heavy atom. The number of hydrogen-bond acceptors (Lipinski definition) is 4. The molecule has 0 fully saturated rings. The van der Waals surface area contributed by atoms with E-state index in [1.54, 1.807) is 19.2 Å². The van der Waals surface area contributed by atoms with Crippen LogP contribution in [0, 0.1) is 0 Å². The number of hydrogen-bond donors (Lipinski definition) is 1. The number of aromatic nitrogens is 1. The first-order valence-corrected chi connectivity index (χ1v) is 5.91. The molecule has 2 rings (SSSR count). The lowest BCUT2D eigenvalue weighted by molar-refractivity contribution is 0.199. The van der Waals surface area contributed by atoms with Crippen LogP contribution < -0.4 is 0 Å². The number of aliphatic hydroxyl groups excluding tert-OH is 1. The average Bonchev–Trinajstić information content (AvgIpc) is 2.73. The van der Waals surface area contributed by atoms with Crippen molar-refractivity contribution in [3.63, 3.8) is 0 Å². The molecule has 0 saturated heterocycles. The summed E-state index contributed by atoms with van der Waals surface area (Å²) in [7, 11) is 0. The van der Waals surface area contributed by atoms with Crippen LogP contribution in [-0.2, 0) is 0 Å². The molecule has 1 aromatic heterocycles. The topological polar surface area (TPSA) is 46.3 Å². The molecule has 0 aliphatic heterocycles. The Morgan fingerprint density at radius 3 is 2.88 bits per heavy atom. The third-order valence-corrected chi connectivity index (χ3v) is 3.42. The highest BCUT2D eigenvalue weighted by Crippen LogP contribution is 2.33. The van der Waals surface area contributed by atoms with Gasteiger partial charge in [-0.3, -0.25) is 0 Å². The second-order valence-corrected chi connectivity index (χ2v) is 4.67. The van der Waals surface area contributed by atoms with E-state index in [0.717, 1.165) is 10.5 Å². The minimum atomic E-state index is -0.515. The number of aliphatic hydroxyl groups is 1. The Morgan fingerprint density at radius 1 is 1.50 bits per heavy atom. The average molecular weight is 256 g/mol. The first-order valence-electron chi connectivity index (χ1n) is 4.71. The minimum Gasteiger partial charge on any atom is -0.440 e. The standard InChI is InChI=1S/C11H10ClNO2S/c1-7(14)8-2-3-10(9(12)6-8)16-11-13-4-5-15-11/h2-7,14H,1H3. The van der Waals surface area contributed by atoms with E-state index in [2.05, 4.69) is 4.98 Å². The molecule has 5 heteroatoms. The smallest absolute Gasteiger partial charge is 0.260 e. The first-order chi connectivity index (χ1) is 7.66. The van der Waals surface area contributed by atoms with Gasteiger partial charge in [-0.05, 0) is 36.4 Å². The van der Waals surface area contributed by atoms with E-state index in [1.807, 2.05) is 12.1 Å². The Hall–Kier alpha value is -0.970. The summed E-state index contributed by atoms with van der Waals surface area (Å²) in [6.07, 6.45) is 2.58. The highest BCUT2D eigenvalue weighted by molar-refractivity contribution is 7.99. The second-order valence-electron chi connectivity index (χ2n) is 3.27. The lowest BCUT2D eigenvalue weighted by Crippen LogP contribution is -1.90. The van der Waals surface area contributed by atoms with Crippen molar-refractivity contribution in [3.8, 4) is 0 Å². The molecular formula is C11H10ClNO2S. The summed E-state index contributed by atoms with van der Waals surface area (Å²) in [5, 5.41) is 10.5. The van der Waals surface area contributed by atoms with Gasteiger partial charge < -0.3 is 9.52 Å². The van der Waals surface area contributed by atoms with E-state index in [0.29, 0.717) is 10.2 Å². The van der Waals surface area contributed by atoms with Crippen LogP contribution in [0.3, 0.4) is 0 Å². The SMILES string of the molecule is CC(O)c1ccc(Sc2ncco2)c(Cl)c1. The lowest BCUT2D eigenvalue weighted by atomic mass is 10.1. The van der Waals surface area contributed by atoms with Crippen LogP contribution in [0.2, 0.25) is 5.02 Å². The third kappa shape index (κ3) is 2.58. The summed E-state index contributed by atoms with van der Waals surface area (Å²) in [6, 6.07) is 5.43. The highest BCUT2D eigenvalue weighted by atomic mass is 35.5. The van der Waals surface area contributed by atoms with E-state index in [-0.39, 0.29) is 0 Å². The van der Waals surface area contributed by atoms with Crippen molar-refractivity contribution in [1.82, 2.24) is 4.98 Å². The fourth-order valence-electron chi connectivity index (χ4n) is 1.21. The molecule has 1 unspecified atom stereocenters. The molecule has 0 spiro atoms. The molecule has 16 heavy (non-hydrogen) atoms. The van der Waals surface area contributed by atoms with Gasteiger partial charge in [0, 0.05) is 4.90 Å². The fraction of sp³-hybridized carbons (Fsp3) is 0.182. The summed E-state index contributed by atoms with van der Waals surface area (Å²) < 4.78 is 5.11. The summed E-state index contributed by atoms with van der Waals surface area (Å²) in [5.74, 6) is 0. The van der Waals surface area contributed by atoms with Gasteiger partial charge in [0.1, 0.15) is 6.26 Å². The molecule has 0 amide bonds. The second kappa shape index (κ2) is 4.91. The van der Waals surface area contributed by atoms with Gasteiger partial charge in [0.15, 0.2) is 0 Å². The van der Waals surface area contributed by atoms with E-state index in [9.17, 15) is 5.11 Å². The van der Waals surface area contributed by atoms with Gasteiger partial charge in [-0.25, -0.2) is 4.98 Å².